The Morgan fingerprint density at radius 1 is 0.490 bits per heavy atom. The molecule has 1 saturated carbocycles. The van der Waals surface area contributed by atoms with Gasteiger partial charge < -0.3 is 9.80 Å². The highest BCUT2D eigenvalue weighted by Gasteiger charge is 2.36. The van der Waals surface area contributed by atoms with Crippen molar-refractivity contribution in [2.45, 2.75) is 71.6 Å². The molecule has 5 aromatic rings. The smallest absolute Gasteiger partial charge is 0.0973 e. The van der Waals surface area contributed by atoms with Crippen molar-refractivity contribution in [1.82, 2.24) is 0 Å². The number of nitrogens with zero attached hydrogens (tertiary/aromatic N) is 2. The quantitative estimate of drug-likeness (QED) is 0.167. The van der Waals surface area contributed by atoms with Crippen molar-refractivity contribution < 1.29 is 0 Å². The van der Waals surface area contributed by atoms with Crippen LogP contribution in [-0.2, 0) is 5.41 Å². The van der Waals surface area contributed by atoms with Crippen LogP contribution < -0.4 is 9.80 Å². The van der Waals surface area contributed by atoms with Crippen molar-refractivity contribution in [3.8, 4) is 0 Å². The maximum absolute atomic E-state index is 3.42. The van der Waals surface area contributed by atoms with Gasteiger partial charge in [0.2, 0.25) is 0 Å². The van der Waals surface area contributed by atoms with Crippen LogP contribution in [0.4, 0.5) is 28.4 Å². The fourth-order valence-corrected chi connectivity index (χ4v) is 7.49. The molecule has 0 N–H and O–H groups in total. The lowest BCUT2D eigenvalue weighted by Gasteiger charge is -2.39. The van der Waals surface area contributed by atoms with Gasteiger partial charge in [0.25, 0.3) is 0 Å². The van der Waals surface area contributed by atoms with Gasteiger partial charge in [0.05, 0.1) is 5.69 Å². The van der Waals surface area contributed by atoms with Crippen LogP contribution in [-0.4, -0.2) is 0 Å². The molecule has 0 amide bonds. The summed E-state index contributed by atoms with van der Waals surface area (Å²) in [5.74, 6) is 0. The van der Waals surface area contributed by atoms with Gasteiger partial charge in [0.1, 0.15) is 0 Å². The first-order valence-electron chi connectivity index (χ1n) is 17.8. The Kier molecular flexibility index (Phi) is 9.28. The van der Waals surface area contributed by atoms with Gasteiger partial charge in [-0.15, -0.1) is 0 Å². The van der Waals surface area contributed by atoms with Gasteiger partial charge in [0, 0.05) is 33.9 Å². The maximum atomic E-state index is 3.42. The number of aryl methyl sites for hydroxylation is 3. The van der Waals surface area contributed by atoms with Gasteiger partial charge in [-0.2, -0.15) is 0 Å². The molecular formula is C47H46N2. The number of rotatable bonds is 8. The molecule has 0 aromatic heterocycles. The number of benzene rings is 4. The summed E-state index contributed by atoms with van der Waals surface area (Å²) in [5.41, 5.74) is 14.5. The third-order valence-electron chi connectivity index (χ3n) is 10.3. The number of anilines is 5. The third-order valence-corrected chi connectivity index (χ3v) is 10.3. The summed E-state index contributed by atoms with van der Waals surface area (Å²) < 4.78 is 0. The van der Waals surface area contributed by atoms with Crippen LogP contribution in [0.2, 0.25) is 0 Å². The minimum absolute atomic E-state index is 0.00896. The van der Waals surface area contributed by atoms with E-state index in [-0.39, 0.29) is 5.41 Å². The maximum Gasteiger partial charge on any atom is 0.0973 e. The second-order valence-electron chi connectivity index (χ2n) is 13.9. The minimum atomic E-state index is -0.00896. The summed E-state index contributed by atoms with van der Waals surface area (Å²) in [6.45, 7) is 8.52. The summed E-state index contributed by atoms with van der Waals surface area (Å²) in [6.07, 6.45) is 16.0. The van der Waals surface area contributed by atoms with Crippen LogP contribution in [0.3, 0.4) is 0 Å². The molecule has 1 fully saturated rings. The molecule has 0 aliphatic heterocycles. The predicted molar refractivity (Wildman–Crippen MR) is 207 cm³/mol. The van der Waals surface area contributed by atoms with E-state index in [0.29, 0.717) is 0 Å². The molecule has 7 rings (SSSR count). The Morgan fingerprint density at radius 2 is 1.00 bits per heavy atom. The molecule has 0 heterocycles. The van der Waals surface area contributed by atoms with Crippen LogP contribution in [0, 0.1) is 32.9 Å². The fraction of sp³-hybridized carbons (Fsp3) is 0.234. The third kappa shape index (κ3) is 6.85. The zero-order chi connectivity index (χ0) is 33.8. The highest BCUT2D eigenvalue weighted by molar-refractivity contribution is 5.77. The van der Waals surface area contributed by atoms with Crippen molar-refractivity contribution in [3.63, 3.8) is 0 Å². The average molecular weight is 639 g/mol. The fourth-order valence-electron chi connectivity index (χ4n) is 7.49. The topological polar surface area (TPSA) is 6.48 Å². The Morgan fingerprint density at radius 3 is 1.51 bits per heavy atom. The first-order valence-corrected chi connectivity index (χ1v) is 17.8. The van der Waals surface area contributed by atoms with Crippen molar-refractivity contribution in [2.75, 3.05) is 9.80 Å². The predicted octanol–water partition coefficient (Wildman–Crippen LogP) is 12.9. The first kappa shape index (κ1) is 32.3. The molecule has 5 aromatic carbocycles. The number of allylic oxidation sites excluding steroid dienone is 5. The van der Waals surface area contributed by atoms with Gasteiger partial charge in [-0.3, -0.25) is 0 Å². The van der Waals surface area contributed by atoms with Crippen LogP contribution in [0.25, 0.3) is 0 Å². The lowest BCUT2D eigenvalue weighted by molar-refractivity contribution is 0.346. The first-order chi connectivity index (χ1) is 23.9. The molecule has 2 aliphatic rings. The molecule has 0 spiro atoms. The molecule has 2 heteroatoms. The van der Waals surface area contributed by atoms with Gasteiger partial charge in [-0.05, 0) is 136 Å². The summed E-state index contributed by atoms with van der Waals surface area (Å²) in [4.78, 5) is 4.68. The Bertz CT molecular complexity index is 1910. The highest BCUT2D eigenvalue weighted by Crippen LogP contribution is 2.47. The molecule has 0 atom stereocenters. The van der Waals surface area contributed by atoms with E-state index in [9.17, 15) is 0 Å². The molecule has 0 radical (unpaired) electrons. The van der Waals surface area contributed by atoms with Crippen molar-refractivity contribution in [3.05, 3.63) is 185 Å². The van der Waals surface area contributed by atoms with E-state index in [1.54, 1.807) is 0 Å². The van der Waals surface area contributed by atoms with E-state index < -0.39 is 0 Å². The normalized spacial score (nSPS) is 15.4. The Hall–Kier alpha value is -5.26. The standard InChI is InChI=1S/C47H46N2/c1-35-9-8-10-41(22-11-35)48(42-23-12-36(2)13-24-42)45-29-18-39(19-30-45)47(33-6-5-7-34-47)40-20-31-46(32-21-40)49(43-25-14-37(3)15-26-43)44-27-16-38(4)17-28-44/h9-12,14-23,25-32H,5-8,33-34H2,1-4H3. The largest absolute Gasteiger partial charge is 0.311 e. The van der Waals surface area contributed by atoms with E-state index in [0.717, 1.165) is 41.9 Å². The summed E-state index contributed by atoms with van der Waals surface area (Å²) in [7, 11) is 0. The summed E-state index contributed by atoms with van der Waals surface area (Å²) >= 11 is 0. The zero-order valence-electron chi connectivity index (χ0n) is 29.3. The zero-order valence-corrected chi connectivity index (χ0v) is 29.3. The van der Waals surface area contributed by atoms with E-state index in [2.05, 4.69) is 183 Å². The van der Waals surface area contributed by atoms with E-state index in [4.69, 9.17) is 0 Å². The second kappa shape index (κ2) is 14.1. The summed E-state index contributed by atoms with van der Waals surface area (Å²) in [6, 6.07) is 47.5. The van der Waals surface area contributed by atoms with Crippen molar-refractivity contribution in [2.24, 2.45) is 0 Å². The SMILES string of the molecule is CC1=CCC=C(N(c2c#cc(C)cc2)c2ccc(C3(c4ccc(N(c5ccc(C)cc5)c5ccc(C)cc5)cc4)CCCCC3)cc2)C=C1. The second-order valence-corrected chi connectivity index (χ2v) is 13.9. The van der Waals surface area contributed by atoms with Crippen LogP contribution in [0.1, 0.15) is 73.3 Å². The van der Waals surface area contributed by atoms with Gasteiger partial charge in [-0.25, -0.2) is 0 Å². The van der Waals surface area contributed by atoms with Crippen molar-refractivity contribution in [1.29, 1.82) is 0 Å². The molecule has 0 saturated heterocycles. The van der Waals surface area contributed by atoms with Gasteiger partial charge in [0.15, 0.2) is 0 Å². The average Bonchev–Trinajstić information content (AvgIpc) is 3.36. The molecule has 244 valence electrons. The van der Waals surface area contributed by atoms with Crippen LogP contribution in [0.5, 0.6) is 0 Å². The monoisotopic (exact) mass is 638 g/mol. The van der Waals surface area contributed by atoms with E-state index in [1.807, 2.05) is 0 Å². The highest BCUT2D eigenvalue weighted by atomic mass is 15.1. The Labute approximate surface area is 293 Å². The Balaban J connectivity index is 1.25. The molecule has 2 nitrogen and oxygen atoms in total. The van der Waals surface area contributed by atoms with Crippen LogP contribution in [0.15, 0.2) is 145 Å². The number of hydrogen-bond donors (Lipinski definition) is 0. The van der Waals surface area contributed by atoms with Gasteiger partial charge in [-0.1, -0.05) is 109 Å². The summed E-state index contributed by atoms with van der Waals surface area (Å²) in [5, 5.41) is 0. The molecule has 0 unspecified atom stereocenters. The van der Waals surface area contributed by atoms with Crippen molar-refractivity contribution >= 4 is 28.4 Å². The van der Waals surface area contributed by atoms with Gasteiger partial charge >= 0.3 is 0 Å². The lowest BCUT2D eigenvalue weighted by Crippen LogP contribution is -2.30. The minimum Gasteiger partial charge on any atom is -0.311 e. The molecule has 2 aliphatic carbocycles. The molecular weight excluding hydrogens is 593 g/mol. The molecule has 0 bridgehead atoms. The van der Waals surface area contributed by atoms with E-state index in [1.165, 1.54) is 64.2 Å². The lowest BCUT2D eigenvalue weighted by atomic mass is 9.65. The number of hydrogen-bond acceptors (Lipinski definition) is 2. The molecule has 49 heavy (non-hydrogen) atoms. The van der Waals surface area contributed by atoms with Crippen LogP contribution >= 0.6 is 0 Å². The van der Waals surface area contributed by atoms with E-state index >= 15 is 0 Å².